The minimum atomic E-state index is -2.61. The van der Waals surface area contributed by atoms with Crippen LogP contribution in [0.25, 0.3) is 0 Å². The molecule has 1 saturated carbocycles. The van der Waals surface area contributed by atoms with Gasteiger partial charge >= 0.3 is 0 Å². The molecule has 1 N–H and O–H groups in total. The number of hydrogen-bond donors (Lipinski definition) is 1. The van der Waals surface area contributed by atoms with E-state index in [1.807, 2.05) is 0 Å². The molecule has 0 amide bonds. The fraction of sp³-hybridized carbons (Fsp3) is 0.500. The maximum Gasteiger partial charge on any atom is 0.254 e. The lowest BCUT2D eigenvalue weighted by Gasteiger charge is -2.21. The Balaban J connectivity index is 2.36. The molecule has 2 rings (SSSR count). The first kappa shape index (κ1) is 10.6. The third-order valence-corrected chi connectivity index (χ3v) is 3.11. The molecule has 1 fully saturated rings. The second-order valence-electron chi connectivity index (χ2n) is 4.06. The van der Waals surface area contributed by atoms with Crippen molar-refractivity contribution in [2.45, 2.75) is 37.7 Å². The van der Waals surface area contributed by atoms with E-state index >= 15 is 0 Å². The molecule has 15 heavy (non-hydrogen) atoms. The predicted molar refractivity (Wildman–Crippen MR) is 53.9 cm³/mol. The fourth-order valence-corrected chi connectivity index (χ4v) is 2.33. The standard InChI is InChI=1S/C12H14F2O/c13-12(14)7-3-6-11(12)10-5-2-1-4-9(10)8-15/h1-2,4-5,11,15H,3,6-8H2. The van der Waals surface area contributed by atoms with E-state index in [-0.39, 0.29) is 13.0 Å². The van der Waals surface area contributed by atoms with Gasteiger partial charge in [0.2, 0.25) is 0 Å². The van der Waals surface area contributed by atoms with Crippen molar-refractivity contribution in [2.24, 2.45) is 0 Å². The van der Waals surface area contributed by atoms with E-state index < -0.39 is 11.8 Å². The number of aliphatic hydroxyl groups excluding tert-OH is 1. The van der Waals surface area contributed by atoms with Gasteiger partial charge in [0, 0.05) is 12.3 Å². The smallest absolute Gasteiger partial charge is 0.254 e. The van der Waals surface area contributed by atoms with Gasteiger partial charge in [-0.3, -0.25) is 0 Å². The van der Waals surface area contributed by atoms with Gasteiger partial charge in [0.15, 0.2) is 0 Å². The highest BCUT2D eigenvalue weighted by atomic mass is 19.3. The molecule has 0 radical (unpaired) electrons. The second kappa shape index (κ2) is 3.89. The molecule has 0 heterocycles. The third kappa shape index (κ3) is 1.88. The highest BCUT2D eigenvalue weighted by Crippen LogP contribution is 2.47. The Labute approximate surface area is 87.7 Å². The molecular weight excluding hydrogens is 198 g/mol. The van der Waals surface area contributed by atoms with E-state index in [4.69, 9.17) is 5.11 Å². The molecule has 0 aliphatic heterocycles. The maximum atomic E-state index is 13.5. The molecule has 1 nitrogen and oxygen atoms in total. The average Bonchev–Trinajstić information content (AvgIpc) is 2.58. The van der Waals surface area contributed by atoms with Crippen LogP contribution in [0.4, 0.5) is 8.78 Å². The van der Waals surface area contributed by atoms with Gasteiger partial charge in [-0.15, -0.1) is 0 Å². The minimum absolute atomic E-state index is 0.0303. The molecule has 0 saturated heterocycles. The fourth-order valence-electron chi connectivity index (χ4n) is 2.33. The quantitative estimate of drug-likeness (QED) is 0.798. The van der Waals surface area contributed by atoms with Gasteiger partial charge in [-0.05, 0) is 24.0 Å². The van der Waals surface area contributed by atoms with Crippen LogP contribution < -0.4 is 0 Å². The van der Waals surface area contributed by atoms with Crippen molar-refractivity contribution in [3.05, 3.63) is 35.4 Å². The molecule has 3 heteroatoms. The zero-order valence-corrected chi connectivity index (χ0v) is 8.42. The summed E-state index contributed by atoms with van der Waals surface area (Å²) >= 11 is 0. The first-order valence-corrected chi connectivity index (χ1v) is 5.21. The second-order valence-corrected chi connectivity index (χ2v) is 4.06. The number of halogens is 2. The van der Waals surface area contributed by atoms with Crippen molar-refractivity contribution >= 4 is 0 Å². The van der Waals surface area contributed by atoms with Crippen LogP contribution in [0.15, 0.2) is 24.3 Å². The normalized spacial score (nSPS) is 24.3. The van der Waals surface area contributed by atoms with Crippen LogP contribution >= 0.6 is 0 Å². The van der Waals surface area contributed by atoms with Crippen molar-refractivity contribution in [1.82, 2.24) is 0 Å². The number of benzene rings is 1. The van der Waals surface area contributed by atoms with E-state index in [0.717, 1.165) is 0 Å². The number of aliphatic hydroxyl groups is 1. The predicted octanol–water partition coefficient (Wildman–Crippen LogP) is 3.08. The van der Waals surface area contributed by atoms with Gasteiger partial charge in [0.05, 0.1) is 6.61 Å². The summed E-state index contributed by atoms with van der Waals surface area (Å²) in [7, 11) is 0. The van der Waals surface area contributed by atoms with E-state index in [9.17, 15) is 8.78 Å². The number of hydrogen-bond acceptors (Lipinski definition) is 1. The van der Waals surface area contributed by atoms with E-state index in [1.165, 1.54) is 0 Å². The molecule has 1 aromatic carbocycles. The average molecular weight is 212 g/mol. The van der Waals surface area contributed by atoms with Crippen molar-refractivity contribution < 1.29 is 13.9 Å². The van der Waals surface area contributed by atoms with Gasteiger partial charge < -0.3 is 5.11 Å². The summed E-state index contributed by atoms with van der Waals surface area (Å²) < 4.78 is 27.1. The first-order chi connectivity index (χ1) is 7.15. The van der Waals surface area contributed by atoms with Crippen molar-refractivity contribution in [3.63, 3.8) is 0 Å². The zero-order chi connectivity index (χ0) is 10.9. The zero-order valence-electron chi connectivity index (χ0n) is 8.42. The largest absolute Gasteiger partial charge is 0.392 e. The molecule has 1 aromatic rings. The number of alkyl halides is 2. The van der Waals surface area contributed by atoms with E-state index in [1.54, 1.807) is 24.3 Å². The van der Waals surface area contributed by atoms with Gasteiger partial charge in [-0.2, -0.15) is 0 Å². The molecule has 0 aromatic heterocycles. The summed E-state index contributed by atoms with van der Waals surface area (Å²) in [6, 6.07) is 6.93. The molecule has 1 aliphatic rings. The summed E-state index contributed by atoms with van der Waals surface area (Å²) in [5, 5.41) is 9.10. The Kier molecular flexibility index (Phi) is 2.74. The maximum absolute atomic E-state index is 13.5. The van der Waals surface area contributed by atoms with Crippen LogP contribution in [0.1, 0.15) is 36.3 Å². The highest BCUT2D eigenvalue weighted by molar-refractivity contribution is 5.32. The van der Waals surface area contributed by atoms with E-state index in [2.05, 4.69) is 0 Å². The minimum Gasteiger partial charge on any atom is -0.392 e. The summed E-state index contributed by atoms with van der Waals surface area (Å²) in [6.45, 7) is -0.164. The van der Waals surface area contributed by atoms with Crippen LogP contribution in [0.5, 0.6) is 0 Å². The monoisotopic (exact) mass is 212 g/mol. The summed E-state index contributed by atoms with van der Waals surface area (Å²) in [6.07, 6.45) is 1.05. The lowest BCUT2D eigenvalue weighted by atomic mass is 9.91. The molecule has 0 bridgehead atoms. The summed E-state index contributed by atoms with van der Waals surface area (Å²) in [5.74, 6) is -3.31. The number of rotatable bonds is 2. The van der Waals surface area contributed by atoms with Crippen LogP contribution in [-0.4, -0.2) is 11.0 Å². The van der Waals surface area contributed by atoms with Crippen LogP contribution in [0, 0.1) is 0 Å². The molecule has 82 valence electrons. The highest BCUT2D eigenvalue weighted by Gasteiger charge is 2.45. The van der Waals surface area contributed by atoms with Gasteiger partial charge in [0.1, 0.15) is 0 Å². The topological polar surface area (TPSA) is 20.2 Å². The SMILES string of the molecule is OCc1ccccc1C1CCCC1(F)F. The van der Waals surface area contributed by atoms with Gasteiger partial charge in [0.25, 0.3) is 5.92 Å². The Hall–Kier alpha value is -0.960. The lowest BCUT2D eigenvalue weighted by molar-refractivity contribution is -0.00939. The molecule has 0 spiro atoms. The van der Waals surface area contributed by atoms with Crippen LogP contribution in [0.2, 0.25) is 0 Å². The van der Waals surface area contributed by atoms with E-state index in [0.29, 0.717) is 24.0 Å². The first-order valence-electron chi connectivity index (χ1n) is 5.21. The Morgan fingerprint density at radius 1 is 1.33 bits per heavy atom. The molecule has 1 atom stereocenters. The summed E-state index contributed by atoms with van der Waals surface area (Å²) in [4.78, 5) is 0. The Morgan fingerprint density at radius 3 is 2.67 bits per heavy atom. The van der Waals surface area contributed by atoms with Crippen molar-refractivity contribution in [1.29, 1.82) is 0 Å². The van der Waals surface area contributed by atoms with Crippen molar-refractivity contribution in [2.75, 3.05) is 0 Å². The van der Waals surface area contributed by atoms with Crippen molar-refractivity contribution in [3.8, 4) is 0 Å². The summed E-state index contributed by atoms with van der Waals surface area (Å²) in [5.41, 5.74) is 1.24. The van der Waals surface area contributed by atoms with Crippen LogP contribution in [0.3, 0.4) is 0 Å². The molecular formula is C12H14F2O. The Morgan fingerprint density at radius 2 is 2.07 bits per heavy atom. The van der Waals surface area contributed by atoms with Gasteiger partial charge in [-0.1, -0.05) is 24.3 Å². The van der Waals surface area contributed by atoms with Gasteiger partial charge in [-0.25, -0.2) is 8.78 Å². The molecule has 1 unspecified atom stereocenters. The third-order valence-electron chi connectivity index (χ3n) is 3.11. The lowest BCUT2D eigenvalue weighted by Crippen LogP contribution is -2.20. The Bertz CT molecular complexity index is 349. The van der Waals surface area contributed by atoms with Crippen LogP contribution in [-0.2, 0) is 6.61 Å². The molecule has 1 aliphatic carbocycles.